The summed E-state index contributed by atoms with van der Waals surface area (Å²) >= 11 is 6.70. The van der Waals surface area contributed by atoms with E-state index in [0.717, 1.165) is 32.7 Å². The van der Waals surface area contributed by atoms with Crippen molar-refractivity contribution in [3.8, 4) is 6.07 Å². The van der Waals surface area contributed by atoms with Crippen LogP contribution in [0.15, 0.2) is 29.8 Å². The Hall–Kier alpha value is -1.97. The van der Waals surface area contributed by atoms with Crippen molar-refractivity contribution in [3.63, 3.8) is 0 Å². The van der Waals surface area contributed by atoms with Crippen LogP contribution >= 0.6 is 23.6 Å². The summed E-state index contributed by atoms with van der Waals surface area (Å²) in [5, 5.41) is 9.60. The second-order valence-corrected chi connectivity index (χ2v) is 8.77. The number of hydrogen-bond acceptors (Lipinski definition) is 4. The number of aromatic amines is 1. The molecule has 1 saturated carbocycles. The van der Waals surface area contributed by atoms with E-state index in [0.29, 0.717) is 5.92 Å². The van der Waals surface area contributed by atoms with Crippen molar-refractivity contribution < 1.29 is 4.79 Å². The highest BCUT2D eigenvalue weighted by Crippen LogP contribution is 2.29. The summed E-state index contributed by atoms with van der Waals surface area (Å²) in [5.74, 6) is 0.125. The number of carbonyl (C=O) groups excluding carboxylic acids is 1. The van der Waals surface area contributed by atoms with Crippen molar-refractivity contribution in [2.45, 2.75) is 52.0 Å². The third-order valence-electron chi connectivity index (χ3n) is 4.82. The molecule has 1 fully saturated rings. The number of rotatable bonds is 4. The first kappa shape index (κ1) is 18.8. The van der Waals surface area contributed by atoms with Gasteiger partial charge in [-0.25, -0.2) is 0 Å². The summed E-state index contributed by atoms with van der Waals surface area (Å²) < 4.78 is 1.73. The lowest BCUT2D eigenvalue weighted by molar-refractivity contribution is -0.115. The van der Waals surface area contributed by atoms with Gasteiger partial charge in [0.1, 0.15) is 11.6 Å². The third-order valence-corrected chi connectivity index (χ3v) is 6.02. The maximum atomic E-state index is 13.1. The van der Waals surface area contributed by atoms with Crippen LogP contribution in [0.3, 0.4) is 0 Å². The Morgan fingerprint density at radius 2 is 2.12 bits per heavy atom. The molecule has 0 spiro atoms. The molecule has 1 aliphatic rings. The van der Waals surface area contributed by atoms with E-state index in [1.807, 2.05) is 38.1 Å². The molecule has 2 aromatic rings. The molecule has 1 aromatic carbocycles. The fraction of sp³-hybridized carbons (Fsp3) is 0.450. The summed E-state index contributed by atoms with van der Waals surface area (Å²) in [4.78, 5) is 18.0. The number of nitrogens with zero attached hydrogens (tertiary/aromatic N) is 2. The van der Waals surface area contributed by atoms with Crippen molar-refractivity contribution in [1.82, 2.24) is 4.98 Å². The van der Waals surface area contributed by atoms with Crippen LogP contribution in [0.4, 0.5) is 5.69 Å². The summed E-state index contributed by atoms with van der Waals surface area (Å²) in [5.41, 5.74) is 2.03. The van der Waals surface area contributed by atoms with Gasteiger partial charge >= 0.3 is 0 Å². The Bertz CT molecular complexity index is 926. The fourth-order valence-electron chi connectivity index (χ4n) is 3.56. The highest BCUT2D eigenvalue weighted by Gasteiger charge is 2.24. The molecule has 1 heterocycles. The molecule has 0 atom stereocenters. The maximum Gasteiger partial charge on any atom is 0.268 e. The average molecular weight is 386 g/mol. The first-order valence-corrected chi connectivity index (χ1v) is 10.3. The monoisotopic (exact) mass is 385 g/mol. The Morgan fingerprint density at radius 3 is 2.77 bits per heavy atom. The number of anilines is 1. The molecular weight excluding hydrogens is 362 g/mol. The summed E-state index contributed by atoms with van der Waals surface area (Å²) in [6, 6.07) is 7.92. The molecule has 0 radical (unpaired) electrons. The lowest BCUT2D eigenvalue weighted by Crippen LogP contribution is -2.38. The number of amides is 1. The molecule has 0 unspecified atom stereocenters. The second-order valence-electron chi connectivity index (χ2n) is 7.05. The summed E-state index contributed by atoms with van der Waals surface area (Å²) in [6.07, 6.45) is 7.64. The van der Waals surface area contributed by atoms with E-state index in [9.17, 15) is 10.1 Å². The van der Waals surface area contributed by atoms with Gasteiger partial charge in [0, 0.05) is 11.7 Å². The highest BCUT2D eigenvalue weighted by atomic mass is 32.1. The first-order valence-electron chi connectivity index (χ1n) is 9.08. The van der Waals surface area contributed by atoms with E-state index in [1.165, 1.54) is 30.6 Å². The predicted molar refractivity (Wildman–Crippen MR) is 110 cm³/mol. The number of thiazole rings is 1. The van der Waals surface area contributed by atoms with Gasteiger partial charge in [0.05, 0.1) is 10.2 Å². The zero-order valence-corrected chi connectivity index (χ0v) is 16.8. The Morgan fingerprint density at radius 1 is 1.38 bits per heavy atom. The normalized spacial score (nSPS) is 16.0. The largest absolute Gasteiger partial charge is 0.337 e. The predicted octanol–water partition coefficient (Wildman–Crippen LogP) is 5.73. The molecule has 3 rings (SSSR count). The molecule has 1 amide bonds. The standard InChI is InChI=1S/C20H23N3OS2/c1-13(2)23(16-8-9-17-18(11-16)26-20(25)22-17)19(24)15(12-21)10-14-6-4-3-5-7-14/h8-11,13-14H,3-7H2,1-2H3,(H,22,25). The Labute approximate surface area is 163 Å². The number of nitriles is 1. The molecular formula is C20H23N3OS2. The lowest BCUT2D eigenvalue weighted by atomic mass is 9.88. The average Bonchev–Trinajstić information content (AvgIpc) is 2.99. The number of fused-ring (bicyclic) bond motifs is 1. The van der Waals surface area contributed by atoms with Crippen LogP contribution in [0.2, 0.25) is 0 Å². The Kier molecular flexibility index (Phi) is 5.90. The quantitative estimate of drug-likeness (QED) is 0.415. The van der Waals surface area contributed by atoms with E-state index in [4.69, 9.17) is 12.2 Å². The van der Waals surface area contributed by atoms with E-state index in [2.05, 4.69) is 11.1 Å². The minimum Gasteiger partial charge on any atom is -0.337 e. The summed E-state index contributed by atoms with van der Waals surface area (Å²) in [6.45, 7) is 3.94. The number of carbonyl (C=O) groups is 1. The van der Waals surface area contributed by atoms with E-state index < -0.39 is 0 Å². The number of aromatic nitrogens is 1. The van der Waals surface area contributed by atoms with Crippen LogP contribution in [0.25, 0.3) is 10.2 Å². The number of H-pyrrole nitrogens is 1. The van der Waals surface area contributed by atoms with Gasteiger partial charge in [-0.3, -0.25) is 4.79 Å². The van der Waals surface area contributed by atoms with Crippen molar-refractivity contribution >= 4 is 45.4 Å². The molecule has 0 aliphatic heterocycles. The molecule has 0 bridgehead atoms. The zero-order chi connectivity index (χ0) is 18.7. The van der Waals surface area contributed by atoms with E-state index >= 15 is 0 Å². The number of hydrogen-bond donors (Lipinski definition) is 1. The molecule has 1 N–H and O–H groups in total. The van der Waals surface area contributed by atoms with Crippen molar-refractivity contribution in [2.24, 2.45) is 5.92 Å². The van der Waals surface area contributed by atoms with Gasteiger partial charge in [0.25, 0.3) is 5.91 Å². The molecule has 136 valence electrons. The van der Waals surface area contributed by atoms with Crippen LogP contribution < -0.4 is 4.90 Å². The van der Waals surface area contributed by atoms with Crippen LogP contribution in [-0.2, 0) is 4.79 Å². The Balaban J connectivity index is 1.94. The first-order chi connectivity index (χ1) is 12.5. The van der Waals surface area contributed by atoms with Gasteiger partial charge in [-0.15, -0.1) is 11.3 Å². The summed E-state index contributed by atoms with van der Waals surface area (Å²) in [7, 11) is 0. The topological polar surface area (TPSA) is 59.9 Å². The molecule has 4 nitrogen and oxygen atoms in total. The minimum absolute atomic E-state index is 0.0463. The van der Waals surface area contributed by atoms with Crippen LogP contribution in [0.1, 0.15) is 46.0 Å². The molecule has 26 heavy (non-hydrogen) atoms. The van der Waals surface area contributed by atoms with Gasteiger partial charge in [0.15, 0.2) is 3.95 Å². The van der Waals surface area contributed by atoms with Crippen molar-refractivity contribution in [3.05, 3.63) is 33.8 Å². The number of benzene rings is 1. The number of allylic oxidation sites excluding steroid dienone is 1. The lowest BCUT2D eigenvalue weighted by Gasteiger charge is -2.27. The van der Waals surface area contributed by atoms with Gasteiger partial charge < -0.3 is 9.88 Å². The van der Waals surface area contributed by atoms with E-state index in [1.54, 1.807) is 4.90 Å². The van der Waals surface area contributed by atoms with Gasteiger partial charge in [-0.2, -0.15) is 5.26 Å². The smallest absolute Gasteiger partial charge is 0.268 e. The van der Waals surface area contributed by atoms with Crippen molar-refractivity contribution in [2.75, 3.05) is 4.90 Å². The van der Waals surface area contributed by atoms with E-state index in [-0.39, 0.29) is 17.5 Å². The van der Waals surface area contributed by atoms with Gasteiger partial charge in [-0.1, -0.05) is 25.3 Å². The van der Waals surface area contributed by atoms with Crippen LogP contribution in [0, 0.1) is 21.2 Å². The minimum atomic E-state index is -0.216. The third kappa shape index (κ3) is 4.05. The molecule has 0 saturated heterocycles. The maximum absolute atomic E-state index is 13.1. The van der Waals surface area contributed by atoms with Gasteiger partial charge in [-0.05, 0) is 63.0 Å². The fourth-order valence-corrected chi connectivity index (χ4v) is 4.71. The number of nitrogens with one attached hydrogen (secondary N) is 1. The highest BCUT2D eigenvalue weighted by molar-refractivity contribution is 7.73. The molecule has 6 heteroatoms. The second kappa shape index (κ2) is 8.15. The molecule has 1 aromatic heterocycles. The van der Waals surface area contributed by atoms with Crippen LogP contribution in [-0.4, -0.2) is 16.9 Å². The van der Waals surface area contributed by atoms with Crippen LogP contribution in [0.5, 0.6) is 0 Å². The molecule has 1 aliphatic carbocycles. The zero-order valence-electron chi connectivity index (χ0n) is 15.1. The van der Waals surface area contributed by atoms with Gasteiger partial charge in [0.2, 0.25) is 0 Å². The SMILES string of the molecule is CC(C)N(C(=O)C(C#N)=CC1CCCCC1)c1ccc2[nH]c(=S)sc2c1. The van der Waals surface area contributed by atoms with Crippen molar-refractivity contribution in [1.29, 1.82) is 5.26 Å².